The lowest BCUT2D eigenvalue weighted by Gasteiger charge is -2.10. The van der Waals surface area contributed by atoms with Gasteiger partial charge in [-0.1, -0.05) is 29.8 Å². The molecule has 0 spiro atoms. The number of fused-ring (bicyclic) bond motifs is 1. The van der Waals surface area contributed by atoms with Gasteiger partial charge in [-0.2, -0.15) is 0 Å². The van der Waals surface area contributed by atoms with Crippen molar-refractivity contribution in [2.75, 3.05) is 12.4 Å². The molecule has 0 unspecified atom stereocenters. The number of carbonyl (C=O) groups excluding carboxylic acids is 1. The molecule has 2 aromatic carbocycles. The summed E-state index contributed by atoms with van der Waals surface area (Å²) in [6, 6.07) is 16.0. The van der Waals surface area contributed by atoms with Gasteiger partial charge in [-0.05, 0) is 30.7 Å². The quantitative estimate of drug-likeness (QED) is 0.331. The Balaban J connectivity index is 1.43. The Labute approximate surface area is 193 Å². The summed E-state index contributed by atoms with van der Waals surface area (Å²) in [7, 11) is 1.52. The number of aromatic nitrogens is 2. The molecule has 0 aliphatic carbocycles. The van der Waals surface area contributed by atoms with Crippen LogP contribution in [0.1, 0.15) is 21.6 Å². The average molecular weight is 462 g/mol. The molecular weight excluding hydrogens is 441 g/mol. The van der Waals surface area contributed by atoms with Gasteiger partial charge < -0.3 is 13.7 Å². The monoisotopic (exact) mass is 461 g/mol. The number of carbonyl (C=O) groups is 1. The highest BCUT2D eigenvalue weighted by Gasteiger charge is 2.20. The van der Waals surface area contributed by atoms with Crippen LogP contribution in [0.2, 0.25) is 0 Å². The molecule has 0 aliphatic rings. The molecule has 1 amide bonds. The molecule has 0 saturated heterocycles. The lowest BCUT2D eigenvalue weighted by Crippen LogP contribution is -2.17. The molecule has 0 atom stereocenters. The maximum atomic E-state index is 13.8. The van der Waals surface area contributed by atoms with E-state index in [-0.39, 0.29) is 11.7 Å². The largest absolute Gasteiger partial charge is 0.496 e. The fraction of sp³-hybridized carbons (Fsp3) is 0.120. The highest BCUT2D eigenvalue weighted by molar-refractivity contribution is 7.14. The summed E-state index contributed by atoms with van der Waals surface area (Å²) in [6.07, 6.45) is 1.61. The highest BCUT2D eigenvalue weighted by Crippen LogP contribution is 2.33. The zero-order chi connectivity index (χ0) is 22.9. The Morgan fingerprint density at radius 3 is 2.79 bits per heavy atom. The van der Waals surface area contributed by atoms with E-state index in [1.54, 1.807) is 23.8 Å². The summed E-state index contributed by atoms with van der Waals surface area (Å²) < 4.78 is 26.5. The molecule has 0 saturated carbocycles. The number of ether oxygens (including phenoxy) is 1. The molecule has 33 heavy (non-hydrogen) atoms. The van der Waals surface area contributed by atoms with E-state index in [0.29, 0.717) is 40.0 Å². The second-order valence-electron chi connectivity index (χ2n) is 7.61. The van der Waals surface area contributed by atoms with E-state index in [4.69, 9.17) is 9.15 Å². The predicted molar refractivity (Wildman–Crippen MR) is 126 cm³/mol. The van der Waals surface area contributed by atoms with Gasteiger partial charge in [0.15, 0.2) is 10.7 Å². The number of nitrogens with one attached hydrogen (secondary N) is 1. The van der Waals surface area contributed by atoms with Crippen LogP contribution < -0.4 is 10.1 Å². The van der Waals surface area contributed by atoms with Crippen molar-refractivity contribution in [3.8, 4) is 17.0 Å². The van der Waals surface area contributed by atoms with Crippen LogP contribution in [0, 0.1) is 12.7 Å². The van der Waals surface area contributed by atoms with E-state index in [1.165, 1.54) is 36.1 Å². The second-order valence-corrected chi connectivity index (χ2v) is 8.47. The fourth-order valence-electron chi connectivity index (χ4n) is 3.71. The van der Waals surface area contributed by atoms with Crippen molar-refractivity contribution in [1.82, 2.24) is 9.55 Å². The molecule has 166 valence electrons. The Morgan fingerprint density at radius 2 is 2.00 bits per heavy atom. The van der Waals surface area contributed by atoms with Crippen LogP contribution in [0.25, 0.3) is 22.4 Å². The normalized spacial score (nSPS) is 11.1. The van der Waals surface area contributed by atoms with Gasteiger partial charge in [-0.3, -0.25) is 10.1 Å². The molecule has 0 fully saturated rings. The Bertz CT molecular complexity index is 1450. The first-order valence-corrected chi connectivity index (χ1v) is 11.1. The Hall–Kier alpha value is -3.91. The van der Waals surface area contributed by atoms with Gasteiger partial charge in [0, 0.05) is 29.6 Å². The third-order valence-corrected chi connectivity index (χ3v) is 6.14. The number of thiazole rings is 1. The van der Waals surface area contributed by atoms with Crippen molar-refractivity contribution in [2.45, 2.75) is 13.5 Å². The number of nitrogens with zero attached hydrogens (tertiary/aromatic N) is 2. The van der Waals surface area contributed by atoms with Gasteiger partial charge in [0.1, 0.15) is 17.3 Å². The minimum atomic E-state index is -0.388. The van der Waals surface area contributed by atoms with E-state index >= 15 is 0 Å². The molecular formula is C25H20FN3O3S. The molecule has 3 aromatic heterocycles. The van der Waals surface area contributed by atoms with Crippen LogP contribution in [0.4, 0.5) is 9.52 Å². The van der Waals surface area contributed by atoms with E-state index < -0.39 is 0 Å². The van der Waals surface area contributed by atoms with E-state index in [0.717, 1.165) is 11.1 Å². The van der Waals surface area contributed by atoms with E-state index in [2.05, 4.69) is 10.3 Å². The van der Waals surface area contributed by atoms with E-state index in [1.807, 2.05) is 41.8 Å². The Morgan fingerprint density at radius 1 is 1.18 bits per heavy atom. The van der Waals surface area contributed by atoms with Crippen LogP contribution in [-0.2, 0) is 6.54 Å². The van der Waals surface area contributed by atoms with Crippen LogP contribution in [-0.4, -0.2) is 22.6 Å². The summed E-state index contributed by atoms with van der Waals surface area (Å²) in [5, 5.41) is 5.02. The highest BCUT2D eigenvalue weighted by atomic mass is 32.1. The number of aryl methyl sites for hydroxylation is 1. The average Bonchev–Trinajstić information content (AvgIpc) is 3.53. The molecule has 0 bridgehead atoms. The number of anilines is 1. The van der Waals surface area contributed by atoms with Crippen LogP contribution in [0.15, 0.2) is 70.7 Å². The molecule has 3 heterocycles. The summed E-state index contributed by atoms with van der Waals surface area (Å²) in [5.41, 5.74) is 5.23. The first-order chi connectivity index (χ1) is 16.0. The maximum Gasteiger partial charge on any atom is 0.274 e. The van der Waals surface area contributed by atoms with Crippen LogP contribution in [0.5, 0.6) is 5.75 Å². The molecule has 5 aromatic rings. The van der Waals surface area contributed by atoms with Gasteiger partial charge in [0.25, 0.3) is 5.91 Å². The zero-order valence-corrected chi connectivity index (χ0v) is 18.8. The third-order valence-electron chi connectivity index (χ3n) is 5.38. The van der Waals surface area contributed by atoms with Crippen molar-refractivity contribution in [1.29, 1.82) is 0 Å². The first-order valence-electron chi connectivity index (χ1n) is 10.2. The number of amides is 1. The standard InChI is InChI=1S/C25H20FN3O3S/c1-15-3-5-16(6-4-15)13-29-20-9-10-32-23(20)12-21(29)24(30)28-25-27-19(14-33-25)18-11-17(26)7-8-22(18)31-2/h3-12,14H,13H2,1-2H3,(H,27,28,30). The van der Waals surface area contributed by atoms with Crippen LogP contribution >= 0.6 is 11.3 Å². The van der Waals surface area contributed by atoms with Gasteiger partial charge in [0.2, 0.25) is 0 Å². The number of rotatable bonds is 6. The Kier molecular flexibility index (Phi) is 5.43. The number of hydrogen-bond donors (Lipinski definition) is 1. The van der Waals surface area contributed by atoms with Gasteiger partial charge >= 0.3 is 0 Å². The number of methoxy groups -OCH3 is 1. The molecule has 0 aliphatic heterocycles. The molecule has 5 rings (SSSR count). The minimum absolute atomic E-state index is 0.305. The number of hydrogen-bond acceptors (Lipinski definition) is 5. The SMILES string of the molecule is COc1ccc(F)cc1-c1csc(NC(=O)c2cc3occc3n2Cc2ccc(C)cc2)n1. The lowest BCUT2D eigenvalue weighted by atomic mass is 10.1. The fourth-order valence-corrected chi connectivity index (χ4v) is 4.41. The minimum Gasteiger partial charge on any atom is -0.496 e. The van der Waals surface area contributed by atoms with Crippen molar-refractivity contribution < 1.29 is 18.3 Å². The van der Waals surface area contributed by atoms with Crippen molar-refractivity contribution >= 4 is 33.5 Å². The molecule has 6 nitrogen and oxygen atoms in total. The zero-order valence-electron chi connectivity index (χ0n) is 18.0. The molecule has 8 heteroatoms. The molecule has 0 radical (unpaired) electrons. The molecule has 1 N–H and O–H groups in total. The number of halogens is 1. The van der Waals surface area contributed by atoms with Crippen molar-refractivity contribution in [2.24, 2.45) is 0 Å². The first kappa shape index (κ1) is 21.0. The summed E-state index contributed by atoms with van der Waals surface area (Å²) in [5.74, 6) is -0.187. The summed E-state index contributed by atoms with van der Waals surface area (Å²) in [4.78, 5) is 17.6. The number of furan rings is 1. The summed E-state index contributed by atoms with van der Waals surface area (Å²) in [6.45, 7) is 2.56. The van der Waals surface area contributed by atoms with Gasteiger partial charge in [-0.25, -0.2) is 9.37 Å². The van der Waals surface area contributed by atoms with Crippen molar-refractivity contribution in [3.63, 3.8) is 0 Å². The smallest absolute Gasteiger partial charge is 0.274 e. The lowest BCUT2D eigenvalue weighted by molar-refractivity contribution is 0.101. The van der Waals surface area contributed by atoms with Gasteiger partial charge in [0.05, 0.1) is 24.6 Å². The maximum absolute atomic E-state index is 13.8. The number of benzene rings is 2. The predicted octanol–water partition coefficient (Wildman–Crippen LogP) is 6.11. The topological polar surface area (TPSA) is 69.3 Å². The second kappa shape index (κ2) is 8.55. The summed E-state index contributed by atoms with van der Waals surface area (Å²) >= 11 is 1.26. The van der Waals surface area contributed by atoms with Crippen LogP contribution in [0.3, 0.4) is 0 Å². The van der Waals surface area contributed by atoms with E-state index in [9.17, 15) is 9.18 Å². The van der Waals surface area contributed by atoms with Gasteiger partial charge in [-0.15, -0.1) is 11.3 Å². The van der Waals surface area contributed by atoms with Crippen molar-refractivity contribution in [3.05, 3.63) is 88.9 Å². The third kappa shape index (κ3) is 4.12.